The number of aliphatic imine (C=N–C) groups is 1. The van der Waals surface area contributed by atoms with Gasteiger partial charge in [0.2, 0.25) is 0 Å². The molecule has 2 unspecified atom stereocenters. The zero-order chi connectivity index (χ0) is 19.1. The predicted octanol–water partition coefficient (Wildman–Crippen LogP) is 5.62. The number of aryl methyl sites for hydroxylation is 2. The van der Waals surface area contributed by atoms with Crippen molar-refractivity contribution in [3.63, 3.8) is 0 Å². The minimum Gasteiger partial charge on any atom is -0.277 e. The van der Waals surface area contributed by atoms with Crippen LogP contribution in [0.5, 0.6) is 0 Å². The highest BCUT2D eigenvalue weighted by molar-refractivity contribution is 6.30. The van der Waals surface area contributed by atoms with Crippen LogP contribution in [0.15, 0.2) is 35.5 Å². The van der Waals surface area contributed by atoms with Crippen LogP contribution in [-0.2, 0) is 6.42 Å². The molecule has 3 rings (SSSR count). The number of pyridine rings is 1. The second-order valence-electron chi connectivity index (χ2n) is 7.75. The van der Waals surface area contributed by atoms with Crippen molar-refractivity contribution >= 4 is 28.9 Å². The SMILES string of the molecule is Cc1cc(C2=NC(C)(CC(C)(Cl)CCl)Cc3c(F)cccc32)cnc1C. The molecular weight excluding hydrogens is 370 g/mol. The average molecular weight is 393 g/mol. The molecule has 2 nitrogen and oxygen atoms in total. The van der Waals surface area contributed by atoms with Gasteiger partial charge in [0.25, 0.3) is 0 Å². The maximum atomic E-state index is 14.6. The van der Waals surface area contributed by atoms with Crippen molar-refractivity contribution in [3.05, 3.63) is 64.2 Å². The first-order valence-corrected chi connectivity index (χ1v) is 9.61. The number of fused-ring (bicyclic) bond motifs is 1. The summed E-state index contributed by atoms with van der Waals surface area (Å²) >= 11 is 12.6. The zero-order valence-electron chi connectivity index (χ0n) is 15.5. The average Bonchev–Trinajstić information content (AvgIpc) is 2.57. The Morgan fingerprint density at radius 1 is 1.31 bits per heavy atom. The van der Waals surface area contributed by atoms with Crippen LogP contribution < -0.4 is 0 Å². The molecule has 1 aliphatic heterocycles. The lowest BCUT2D eigenvalue weighted by Crippen LogP contribution is -2.39. The van der Waals surface area contributed by atoms with Crippen LogP contribution in [-0.4, -0.2) is 27.0 Å². The number of benzene rings is 1. The standard InChI is InChI=1S/C21H23Cl2FN2/c1-13-8-15(10-25-14(13)2)19-16-6-5-7-18(24)17(16)9-21(4,26-19)11-20(3,23)12-22/h5-8,10H,9,11-12H2,1-4H3. The number of nitrogens with zero attached hydrogens (tertiary/aromatic N) is 2. The molecule has 26 heavy (non-hydrogen) atoms. The summed E-state index contributed by atoms with van der Waals surface area (Å²) < 4.78 is 14.6. The van der Waals surface area contributed by atoms with Gasteiger partial charge in [0.05, 0.1) is 16.1 Å². The van der Waals surface area contributed by atoms with E-state index in [1.165, 1.54) is 6.07 Å². The molecule has 0 amide bonds. The molecule has 0 bridgehead atoms. The number of hydrogen-bond donors (Lipinski definition) is 0. The maximum absolute atomic E-state index is 14.6. The molecule has 2 atom stereocenters. The largest absolute Gasteiger partial charge is 0.277 e. The Bertz CT molecular complexity index is 876. The monoisotopic (exact) mass is 392 g/mol. The summed E-state index contributed by atoms with van der Waals surface area (Å²) in [7, 11) is 0. The molecule has 0 saturated carbocycles. The molecule has 0 spiro atoms. The molecule has 1 aliphatic rings. The summed E-state index contributed by atoms with van der Waals surface area (Å²) in [6.45, 7) is 7.91. The topological polar surface area (TPSA) is 25.2 Å². The lowest BCUT2D eigenvalue weighted by atomic mass is 9.79. The maximum Gasteiger partial charge on any atom is 0.127 e. The molecule has 0 radical (unpaired) electrons. The van der Waals surface area contributed by atoms with Crippen LogP contribution in [0.3, 0.4) is 0 Å². The van der Waals surface area contributed by atoms with Crippen LogP contribution in [0.2, 0.25) is 0 Å². The molecule has 1 aromatic heterocycles. The van der Waals surface area contributed by atoms with Crippen molar-refractivity contribution in [1.82, 2.24) is 4.98 Å². The van der Waals surface area contributed by atoms with E-state index in [9.17, 15) is 4.39 Å². The second kappa shape index (κ2) is 6.94. The second-order valence-corrected chi connectivity index (χ2v) is 8.93. The normalized spacial score (nSPS) is 21.7. The van der Waals surface area contributed by atoms with Gasteiger partial charge in [-0.2, -0.15) is 0 Å². The first-order chi connectivity index (χ1) is 12.1. The summed E-state index contributed by atoms with van der Waals surface area (Å²) in [4.78, 5) is 8.90. The van der Waals surface area contributed by atoms with Crippen LogP contribution in [0.1, 0.15) is 48.2 Å². The summed E-state index contributed by atoms with van der Waals surface area (Å²) in [6, 6.07) is 7.21. The van der Waals surface area contributed by atoms with Gasteiger partial charge in [-0.3, -0.25) is 9.98 Å². The van der Waals surface area contributed by atoms with Gasteiger partial charge < -0.3 is 0 Å². The van der Waals surface area contributed by atoms with Gasteiger partial charge in [-0.25, -0.2) is 4.39 Å². The third-order valence-electron chi connectivity index (χ3n) is 4.95. The number of rotatable bonds is 4. The first-order valence-electron chi connectivity index (χ1n) is 8.70. The molecule has 0 fully saturated rings. The fourth-order valence-corrected chi connectivity index (χ4v) is 4.03. The van der Waals surface area contributed by atoms with Crippen molar-refractivity contribution < 1.29 is 4.39 Å². The van der Waals surface area contributed by atoms with E-state index in [0.29, 0.717) is 24.3 Å². The van der Waals surface area contributed by atoms with Gasteiger partial charge in [0, 0.05) is 35.3 Å². The molecule has 0 saturated heterocycles. The van der Waals surface area contributed by atoms with Crippen molar-refractivity contribution in [2.24, 2.45) is 4.99 Å². The van der Waals surface area contributed by atoms with E-state index >= 15 is 0 Å². The predicted molar refractivity (Wildman–Crippen MR) is 107 cm³/mol. The summed E-state index contributed by atoms with van der Waals surface area (Å²) in [5.41, 5.74) is 4.70. The molecule has 1 aromatic carbocycles. The van der Waals surface area contributed by atoms with Gasteiger partial charge in [0.15, 0.2) is 0 Å². The lowest BCUT2D eigenvalue weighted by molar-refractivity contribution is 0.379. The van der Waals surface area contributed by atoms with E-state index in [2.05, 4.69) is 11.1 Å². The highest BCUT2D eigenvalue weighted by Gasteiger charge is 2.38. The van der Waals surface area contributed by atoms with Gasteiger partial charge in [-0.1, -0.05) is 12.1 Å². The highest BCUT2D eigenvalue weighted by Crippen LogP contribution is 2.38. The smallest absolute Gasteiger partial charge is 0.127 e. The summed E-state index contributed by atoms with van der Waals surface area (Å²) in [5.74, 6) is 0.102. The highest BCUT2D eigenvalue weighted by atomic mass is 35.5. The number of hydrogen-bond acceptors (Lipinski definition) is 2. The van der Waals surface area contributed by atoms with Crippen molar-refractivity contribution in [2.75, 3.05) is 5.88 Å². The molecule has 2 aromatic rings. The van der Waals surface area contributed by atoms with E-state index < -0.39 is 10.4 Å². The number of halogens is 3. The quantitative estimate of drug-likeness (QED) is 0.620. The van der Waals surface area contributed by atoms with E-state index in [1.54, 1.807) is 6.07 Å². The van der Waals surface area contributed by atoms with E-state index in [0.717, 1.165) is 28.1 Å². The number of aromatic nitrogens is 1. The van der Waals surface area contributed by atoms with Gasteiger partial charge >= 0.3 is 0 Å². The van der Waals surface area contributed by atoms with Crippen molar-refractivity contribution in [3.8, 4) is 0 Å². The molecule has 5 heteroatoms. The Morgan fingerprint density at radius 3 is 2.69 bits per heavy atom. The molecular formula is C21H23Cl2FN2. The third kappa shape index (κ3) is 3.79. The van der Waals surface area contributed by atoms with Crippen molar-refractivity contribution in [1.29, 1.82) is 0 Å². The molecule has 0 aliphatic carbocycles. The first kappa shape index (κ1) is 19.3. The van der Waals surface area contributed by atoms with Crippen LogP contribution in [0, 0.1) is 19.7 Å². The molecule has 0 N–H and O–H groups in total. The van der Waals surface area contributed by atoms with Crippen LogP contribution >= 0.6 is 23.2 Å². The van der Waals surface area contributed by atoms with E-state index in [4.69, 9.17) is 28.2 Å². The molecule has 138 valence electrons. The lowest BCUT2D eigenvalue weighted by Gasteiger charge is -2.37. The third-order valence-corrected chi connectivity index (χ3v) is 5.95. The van der Waals surface area contributed by atoms with E-state index in [1.807, 2.05) is 40.0 Å². The van der Waals surface area contributed by atoms with Gasteiger partial charge in [-0.15, -0.1) is 23.2 Å². The minimum absolute atomic E-state index is 0.208. The zero-order valence-corrected chi connectivity index (χ0v) is 17.0. The van der Waals surface area contributed by atoms with Gasteiger partial charge in [0.1, 0.15) is 5.82 Å². The van der Waals surface area contributed by atoms with Crippen LogP contribution in [0.4, 0.5) is 4.39 Å². The number of alkyl halides is 2. The summed E-state index contributed by atoms with van der Waals surface area (Å²) in [6.07, 6.45) is 2.86. The molecule has 2 heterocycles. The fourth-order valence-electron chi connectivity index (χ4n) is 3.65. The van der Waals surface area contributed by atoms with Crippen LogP contribution in [0.25, 0.3) is 0 Å². The van der Waals surface area contributed by atoms with Gasteiger partial charge in [-0.05, 0) is 57.4 Å². The Balaban J connectivity index is 2.17. The Morgan fingerprint density at radius 2 is 2.04 bits per heavy atom. The Hall–Kier alpha value is -1.45. The van der Waals surface area contributed by atoms with Crippen molar-refractivity contribution in [2.45, 2.75) is 50.9 Å². The van der Waals surface area contributed by atoms with E-state index in [-0.39, 0.29) is 5.82 Å². The Kier molecular flexibility index (Phi) is 5.15. The fraction of sp³-hybridized carbons (Fsp3) is 0.429. The minimum atomic E-state index is -0.602. The summed E-state index contributed by atoms with van der Waals surface area (Å²) in [5, 5.41) is 0. The Labute approximate surface area is 164 Å².